The van der Waals surface area contributed by atoms with E-state index in [9.17, 15) is 18.7 Å². The average Bonchev–Trinajstić information content (AvgIpc) is 3.02. The molecule has 0 spiro atoms. The number of hydrogen-bond acceptors (Lipinski definition) is 3. The molecule has 0 aliphatic carbocycles. The van der Waals surface area contributed by atoms with Gasteiger partial charge in [0.2, 0.25) is 0 Å². The van der Waals surface area contributed by atoms with Gasteiger partial charge < -0.3 is 20.2 Å². The first kappa shape index (κ1) is 16.0. The molecule has 2 aromatic rings. The first-order valence-electron chi connectivity index (χ1n) is 6.68. The lowest BCUT2D eigenvalue weighted by atomic mass is 10.1. The number of carbonyl (C=O) groups excluding carboxylic acids is 1. The summed E-state index contributed by atoms with van der Waals surface area (Å²) in [5.41, 5.74) is 0.431. The number of halogens is 2. The minimum absolute atomic E-state index is 0.0379. The van der Waals surface area contributed by atoms with Crippen molar-refractivity contribution in [2.45, 2.75) is 19.1 Å². The van der Waals surface area contributed by atoms with Crippen molar-refractivity contribution in [2.75, 3.05) is 6.54 Å². The molecule has 2 rings (SSSR count). The van der Waals surface area contributed by atoms with E-state index in [1.807, 2.05) is 0 Å². The summed E-state index contributed by atoms with van der Waals surface area (Å²) in [6, 6.07) is 5.58. The Morgan fingerprint density at radius 3 is 2.73 bits per heavy atom. The van der Waals surface area contributed by atoms with Gasteiger partial charge in [0.05, 0.1) is 18.8 Å². The number of aliphatic hydroxyl groups is 1. The molecule has 118 valence electrons. The summed E-state index contributed by atoms with van der Waals surface area (Å²) in [6.07, 6.45) is 0.461. The van der Waals surface area contributed by atoms with E-state index in [-0.39, 0.29) is 6.54 Å². The highest BCUT2D eigenvalue weighted by molar-refractivity contribution is 5.74. The van der Waals surface area contributed by atoms with Gasteiger partial charge in [-0.2, -0.15) is 0 Å². The number of rotatable bonds is 5. The summed E-state index contributed by atoms with van der Waals surface area (Å²) < 4.78 is 31.0. The smallest absolute Gasteiger partial charge is 0.315 e. The molecule has 3 N–H and O–H groups in total. The fourth-order valence-electron chi connectivity index (χ4n) is 1.88. The van der Waals surface area contributed by atoms with E-state index in [2.05, 4.69) is 10.6 Å². The summed E-state index contributed by atoms with van der Waals surface area (Å²) in [5, 5.41) is 14.8. The zero-order valence-corrected chi connectivity index (χ0v) is 11.8. The van der Waals surface area contributed by atoms with Crippen LogP contribution in [0.15, 0.2) is 41.0 Å². The van der Waals surface area contributed by atoms with Gasteiger partial charge in [0.25, 0.3) is 0 Å². The Hall–Kier alpha value is -2.41. The highest BCUT2D eigenvalue weighted by atomic mass is 19.2. The Labute approximate surface area is 125 Å². The van der Waals surface area contributed by atoms with Crippen LogP contribution in [0.3, 0.4) is 0 Å². The van der Waals surface area contributed by atoms with Crippen molar-refractivity contribution in [2.24, 2.45) is 0 Å². The Balaban J connectivity index is 1.84. The zero-order chi connectivity index (χ0) is 16.1. The SMILES string of the molecule is CC(NC(=O)NCC(O)c1ccco1)c1ccc(F)c(F)c1. The second-order valence-corrected chi connectivity index (χ2v) is 4.78. The number of nitrogens with one attached hydrogen (secondary N) is 2. The van der Waals surface area contributed by atoms with Gasteiger partial charge in [0.1, 0.15) is 11.9 Å². The van der Waals surface area contributed by atoms with Gasteiger partial charge in [0, 0.05) is 0 Å². The maximum Gasteiger partial charge on any atom is 0.315 e. The summed E-state index contributed by atoms with van der Waals surface area (Å²) in [6.45, 7) is 1.60. The Bertz CT molecular complexity index is 632. The zero-order valence-electron chi connectivity index (χ0n) is 11.8. The highest BCUT2D eigenvalue weighted by Crippen LogP contribution is 2.16. The van der Waals surface area contributed by atoms with Gasteiger partial charge in [0.15, 0.2) is 11.6 Å². The van der Waals surface area contributed by atoms with Gasteiger partial charge in [-0.1, -0.05) is 6.07 Å². The summed E-state index contributed by atoms with van der Waals surface area (Å²) >= 11 is 0. The molecule has 0 fully saturated rings. The number of amides is 2. The minimum Gasteiger partial charge on any atom is -0.467 e. The Kier molecular flexibility index (Phi) is 5.11. The summed E-state index contributed by atoms with van der Waals surface area (Å²) in [4.78, 5) is 11.7. The largest absolute Gasteiger partial charge is 0.467 e. The molecule has 7 heteroatoms. The van der Waals surface area contributed by atoms with E-state index < -0.39 is 29.8 Å². The van der Waals surface area contributed by atoms with Gasteiger partial charge in [-0.3, -0.25) is 0 Å². The lowest BCUT2D eigenvalue weighted by molar-refractivity contribution is 0.147. The molecule has 22 heavy (non-hydrogen) atoms. The minimum atomic E-state index is -0.972. The molecule has 0 saturated heterocycles. The highest BCUT2D eigenvalue weighted by Gasteiger charge is 2.14. The monoisotopic (exact) mass is 310 g/mol. The van der Waals surface area contributed by atoms with E-state index in [1.54, 1.807) is 19.1 Å². The maximum absolute atomic E-state index is 13.1. The number of urea groups is 1. The topological polar surface area (TPSA) is 74.5 Å². The molecular formula is C15H16F2N2O3. The average molecular weight is 310 g/mol. The van der Waals surface area contributed by atoms with E-state index in [0.29, 0.717) is 11.3 Å². The predicted octanol–water partition coefficient (Wildman–Crippen LogP) is 2.65. The number of aliphatic hydroxyl groups excluding tert-OH is 1. The molecule has 2 amide bonds. The summed E-state index contributed by atoms with van der Waals surface area (Å²) in [5.74, 6) is -1.57. The molecular weight excluding hydrogens is 294 g/mol. The molecule has 0 saturated carbocycles. The second-order valence-electron chi connectivity index (χ2n) is 4.78. The normalized spacial score (nSPS) is 13.5. The fourth-order valence-corrected chi connectivity index (χ4v) is 1.88. The lowest BCUT2D eigenvalue weighted by Crippen LogP contribution is -2.39. The molecule has 0 aliphatic rings. The number of benzene rings is 1. The number of furan rings is 1. The van der Waals surface area contributed by atoms with Crippen molar-refractivity contribution >= 4 is 6.03 Å². The van der Waals surface area contributed by atoms with E-state index in [1.165, 1.54) is 12.3 Å². The Morgan fingerprint density at radius 1 is 1.32 bits per heavy atom. The van der Waals surface area contributed by atoms with Crippen molar-refractivity contribution < 1.29 is 23.1 Å². The number of carbonyl (C=O) groups is 1. The van der Waals surface area contributed by atoms with Crippen molar-refractivity contribution in [3.8, 4) is 0 Å². The second kappa shape index (κ2) is 7.04. The molecule has 1 aromatic carbocycles. The van der Waals surface area contributed by atoms with Crippen LogP contribution < -0.4 is 10.6 Å². The molecule has 2 unspecified atom stereocenters. The van der Waals surface area contributed by atoms with Gasteiger partial charge in [-0.05, 0) is 36.8 Å². The molecule has 0 aliphatic heterocycles. The summed E-state index contributed by atoms with van der Waals surface area (Å²) in [7, 11) is 0. The first-order chi connectivity index (χ1) is 10.5. The van der Waals surface area contributed by atoms with Crippen LogP contribution in [0.4, 0.5) is 13.6 Å². The van der Waals surface area contributed by atoms with Gasteiger partial charge in [-0.15, -0.1) is 0 Å². The van der Waals surface area contributed by atoms with Crippen molar-refractivity contribution in [1.82, 2.24) is 10.6 Å². The molecule has 1 aromatic heterocycles. The van der Waals surface area contributed by atoms with E-state index in [4.69, 9.17) is 4.42 Å². The quantitative estimate of drug-likeness (QED) is 0.795. The van der Waals surface area contributed by atoms with Crippen LogP contribution in [-0.2, 0) is 0 Å². The van der Waals surface area contributed by atoms with Crippen LogP contribution in [0.2, 0.25) is 0 Å². The van der Waals surface area contributed by atoms with Crippen molar-refractivity contribution in [3.05, 3.63) is 59.6 Å². The van der Waals surface area contributed by atoms with Crippen LogP contribution >= 0.6 is 0 Å². The van der Waals surface area contributed by atoms with Gasteiger partial charge >= 0.3 is 6.03 Å². The third-order valence-corrected chi connectivity index (χ3v) is 3.12. The lowest BCUT2D eigenvalue weighted by Gasteiger charge is -2.16. The molecule has 0 radical (unpaired) electrons. The molecule has 1 heterocycles. The third-order valence-electron chi connectivity index (χ3n) is 3.12. The Morgan fingerprint density at radius 2 is 2.09 bits per heavy atom. The predicted molar refractivity (Wildman–Crippen MR) is 75.0 cm³/mol. The van der Waals surface area contributed by atoms with Crippen molar-refractivity contribution in [1.29, 1.82) is 0 Å². The van der Waals surface area contributed by atoms with Crippen LogP contribution in [0.5, 0.6) is 0 Å². The van der Waals surface area contributed by atoms with Crippen LogP contribution in [0.25, 0.3) is 0 Å². The van der Waals surface area contributed by atoms with Crippen LogP contribution in [0, 0.1) is 11.6 Å². The maximum atomic E-state index is 13.1. The standard InChI is InChI=1S/C15H16F2N2O3/c1-9(10-4-5-11(16)12(17)7-10)19-15(21)18-8-13(20)14-3-2-6-22-14/h2-7,9,13,20H,8H2,1H3,(H2,18,19,21). The molecule has 0 bridgehead atoms. The van der Waals surface area contributed by atoms with Crippen LogP contribution in [-0.4, -0.2) is 17.7 Å². The van der Waals surface area contributed by atoms with Crippen molar-refractivity contribution in [3.63, 3.8) is 0 Å². The molecule has 2 atom stereocenters. The van der Waals surface area contributed by atoms with E-state index in [0.717, 1.165) is 12.1 Å². The number of hydrogen-bond donors (Lipinski definition) is 3. The van der Waals surface area contributed by atoms with Gasteiger partial charge in [-0.25, -0.2) is 13.6 Å². The van der Waals surface area contributed by atoms with E-state index >= 15 is 0 Å². The third kappa shape index (κ3) is 4.05. The van der Waals surface area contributed by atoms with Crippen LogP contribution in [0.1, 0.15) is 30.4 Å². The fraction of sp³-hybridized carbons (Fsp3) is 0.267. The molecule has 5 nitrogen and oxygen atoms in total. The first-order valence-corrected chi connectivity index (χ1v) is 6.68.